The van der Waals surface area contributed by atoms with Crippen molar-refractivity contribution in [2.75, 3.05) is 5.73 Å². The van der Waals surface area contributed by atoms with E-state index in [1.54, 1.807) is 6.07 Å². The SMILES string of the molecule is N#Cc1cc([N+](=O)[O-])cc(N)c1Br. The van der Waals surface area contributed by atoms with Gasteiger partial charge in [0.05, 0.1) is 20.6 Å². The molecule has 1 rings (SSSR count). The molecule has 0 atom stereocenters. The van der Waals surface area contributed by atoms with Crippen LogP contribution in [0.5, 0.6) is 0 Å². The summed E-state index contributed by atoms with van der Waals surface area (Å²) in [6.07, 6.45) is 0. The van der Waals surface area contributed by atoms with Crippen LogP contribution in [0.15, 0.2) is 16.6 Å². The highest BCUT2D eigenvalue weighted by Crippen LogP contribution is 2.28. The van der Waals surface area contributed by atoms with Crippen LogP contribution < -0.4 is 5.73 Å². The van der Waals surface area contributed by atoms with Gasteiger partial charge >= 0.3 is 0 Å². The smallest absolute Gasteiger partial charge is 0.272 e. The second kappa shape index (κ2) is 3.41. The zero-order chi connectivity index (χ0) is 10.0. The maximum atomic E-state index is 10.4. The number of non-ortho nitro benzene ring substituents is 1. The number of nitrogens with zero attached hydrogens (tertiary/aromatic N) is 2. The van der Waals surface area contributed by atoms with Crippen molar-refractivity contribution in [3.8, 4) is 6.07 Å². The van der Waals surface area contributed by atoms with Crippen LogP contribution in [0.1, 0.15) is 5.56 Å². The lowest BCUT2D eigenvalue weighted by molar-refractivity contribution is -0.384. The number of rotatable bonds is 1. The number of hydrogen-bond acceptors (Lipinski definition) is 4. The summed E-state index contributed by atoms with van der Waals surface area (Å²) in [6.45, 7) is 0. The van der Waals surface area contributed by atoms with Gasteiger partial charge in [-0.1, -0.05) is 0 Å². The molecule has 13 heavy (non-hydrogen) atoms. The number of nitrogens with two attached hydrogens (primary N) is 1. The molecule has 0 bridgehead atoms. The minimum absolute atomic E-state index is 0.159. The second-order valence-electron chi connectivity index (χ2n) is 2.27. The Bertz CT molecular complexity index is 411. The minimum Gasteiger partial charge on any atom is -0.398 e. The van der Waals surface area contributed by atoms with E-state index in [9.17, 15) is 10.1 Å². The van der Waals surface area contributed by atoms with Gasteiger partial charge in [-0.15, -0.1) is 0 Å². The zero-order valence-corrected chi connectivity index (χ0v) is 7.91. The monoisotopic (exact) mass is 241 g/mol. The molecular formula is C7H4BrN3O2. The summed E-state index contributed by atoms with van der Waals surface area (Å²) in [5, 5.41) is 18.9. The number of nitriles is 1. The molecule has 6 heteroatoms. The summed E-state index contributed by atoms with van der Waals surface area (Å²) in [6, 6.07) is 4.17. The molecule has 2 N–H and O–H groups in total. The molecule has 0 aliphatic rings. The first-order valence-corrected chi connectivity index (χ1v) is 3.99. The molecule has 0 saturated carbocycles. The van der Waals surface area contributed by atoms with Crippen LogP contribution in [-0.4, -0.2) is 4.92 Å². The Morgan fingerprint density at radius 3 is 2.69 bits per heavy atom. The van der Waals surface area contributed by atoms with E-state index in [1.807, 2.05) is 0 Å². The second-order valence-corrected chi connectivity index (χ2v) is 3.06. The van der Waals surface area contributed by atoms with E-state index in [-0.39, 0.29) is 16.9 Å². The Balaban J connectivity index is 3.41. The Morgan fingerprint density at radius 1 is 1.62 bits per heavy atom. The highest BCUT2D eigenvalue weighted by molar-refractivity contribution is 9.10. The lowest BCUT2D eigenvalue weighted by Crippen LogP contribution is -1.94. The van der Waals surface area contributed by atoms with Crippen LogP contribution in [0.25, 0.3) is 0 Å². The van der Waals surface area contributed by atoms with E-state index >= 15 is 0 Å². The number of nitrogen functional groups attached to an aromatic ring is 1. The van der Waals surface area contributed by atoms with Crippen molar-refractivity contribution in [3.63, 3.8) is 0 Å². The highest BCUT2D eigenvalue weighted by atomic mass is 79.9. The van der Waals surface area contributed by atoms with Gasteiger partial charge in [-0.2, -0.15) is 5.26 Å². The number of nitro benzene ring substituents is 1. The minimum atomic E-state index is -0.594. The average Bonchev–Trinajstić information content (AvgIpc) is 2.09. The van der Waals surface area contributed by atoms with Gasteiger partial charge < -0.3 is 5.73 Å². The van der Waals surface area contributed by atoms with E-state index in [1.165, 1.54) is 12.1 Å². The standard InChI is InChI=1S/C7H4BrN3O2/c8-7-4(3-9)1-5(11(12)13)2-6(7)10/h1-2H,10H2. The molecule has 0 amide bonds. The summed E-state index contributed by atoms with van der Waals surface area (Å²) in [5.41, 5.74) is 5.59. The molecule has 0 fully saturated rings. The largest absolute Gasteiger partial charge is 0.398 e. The molecule has 5 nitrogen and oxygen atoms in total. The Morgan fingerprint density at radius 2 is 2.23 bits per heavy atom. The lowest BCUT2D eigenvalue weighted by Gasteiger charge is -1.99. The molecule has 1 aromatic rings. The van der Waals surface area contributed by atoms with E-state index in [0.29, 0.717) is 4.47 Å². The molecule has 0 aliphatic heterocycles. The Kier molecular flexibility index (Phi) is 2.49. The summed E-state index contributed by atoms with van der Waals surface area (Å²) < 4.78 is 0.389. The van der Waals surface area contributed by atoms with Crippen LogP contribution in [-0.2, 0) is 0 Å². The van der Waals surface area contributed by atoms with Crippen LogP contribution in [0.2, 0.25) is 0 Å². The molecular weight excluding hydrogens is 238 g/mol. The van der Waals surface area contributed by atoms with Gasteiger partial charge in [-0.25, -0.2) is 0 Å². The first-order chi connectivity index (χ1) is 6.06. The van der Waals surface area contributed by atoms with Gasteiger partial charge in [0.25, 0.3) is 5.69 Å². The van der Waals surface area contributed by atoms with E-state index in [4.69, 9.17) is 11.0 Å². The first-order valence-electron chi connectivity index (χ1n) is 3.19. The fraction of sp³-hybridized carbons (Fsp3) is 0. The Labute approximate surface area is 82.0 Å². The predicted octanol–water partition coefficient (Wildman–Crippen LogP) is 1.81. The third-order valence-corrected chi connectivity index (χ3v) is 2.30. The van der Waals surface area contributed by atoms with Crippen molar-refractivity contribution in [1.29, 1.82) is 5.26 Å². The van der Waals surface area contributed by atoms with Gasteiger partial charge in [0, 0.05) is 12.1 Å². The Hall–Kier alpha value is -1.61. The predicted molar refractivity (Wildman–Crippen MR) is 49.9 cm³/mol. The number of hydrogen-bond donors (Lipinski definition) is 1. The number of benzene rings is 1. The molecule has 0 aliphatic carbocycles. The summed E-state index contributed by atoms with van der Waals surface area (Å²) >= 11 is 3.05. The molecule has 0 aromatic heterocycles. The van der Waals surface area contributed by atoms with Crippen LogP contribution in [0.3, 0.4) is 0 Å². The normalized spacial score (nSPS) is 9.23. The quantitative estimate of drug-likeness (QED) is 0.461. The fourth-order valence-corrected chi connectivity index (χ4v) is 1.14. The molecule has 0 saturated heterocycles. The van der Waals surface area contributed by atoms with Crippen LogP contribution in [0.4, 0.5) is 11.4 Å². The van der Waals surface area contributed by atoms with Gasteiger partial charge in [0.2, 0.25) is 0 Å². The van der Waals surface area contributed by atoms with Crippen molar-refractivity contribution in [2.24, 2.45) is 0 Å². The lowest BCUT2D eigenvalue weighted by atomic mass is 10.2. The maximum absolute atomic E-state index is 10.4. The van der Waals surface area contributed by atoms with Crippen molar-refractivity contribution in [2.45, 2.75) is 0 Å². The van der Waals surface area contributed by atoms with Gasteiger partial charge in [-0.05, 0) is 15.9 Å². The maximum Gasteiger partial charge on any atom is 0.272 e. The average molecular weight is 242 g/mol. The third-order valence-electron chi connectivity index (χ3n) is 1.42. The van der Waals surface area contributed by atoms with Crippen molar-refractivity contribution >= 4 is 27.3 Å². The number of halogens is 1. The molecule has 0 unspecified atom stereocenters. The fourth-order valence-electron chi connectivity index (χ4n) is 0.818. The molecule has 1 aromatic carbocycles. The van der Waals surface area contributed by atoms with E-state index < -0.39 is 4.92 Å². The molecule has 0 radical (unpaired) electrons. The summed E-state index contributed by atoms with van der Waals surface area (Å²) in [7, 11) is 0. The van der Waals surface area contributed by atoms with E-state index in [2.05, 4.69) is 15.9 Å². The van der Waals surface area contributed by atoms with Crippen LogP contribution in [0, 0.1) is 21.4 Å². The topological polar surface area (TPSA) is 92.9 Å². The van der Waals surface area contributed by atoms with Gasteiger partial charge in [0.15, 0.2) is 0 Å². The highest BCUT2D eigenvalue weighted by Gasteiger charge is 2.12. The molecule has 0 heterocycles. The zero-order valence-electron chi connectivity index (χ0n) is 6.32. The molecule has 66 valence electrons. The first kappa shape index (κ1) is 9.48. The van der Waals surface area contributed by atoms with Crippen molar-refractivity contribution < 1.29 is 4.92 Å². The van der Waals surface area contributed by atoms with Crippen LogP contribution >= 0.6 is 15.9 Å². The van der Waals surface area contributed by atoms with Crippen molar-refractivity contribution in [3.05, 3.63) is 32.3 Å². The van der Waals surface area contributed by atoms with Crippen molar-refractivity contribution in [1.82, 2.24) is 0 Å². The number of nitro groups is 1. The number of anilines is 1. The summed E-state index contributed by atoms with van der Waals surface area (Å²) in [5.74, 6) is 0. The van der Waals surface area contributed by atoms with Gasteiger partial charge in [-0.3, -0.25) is 10.1 Å². The third kappa shape index (κ3) is 1.76. The summed E-state index contributed by atoms with van der Waals surface area (Å²) in [4.78, 5) is 9.76. The van der Waals surface area contributed by atoms with E-state index in [0.717, 1.165) is 0 Å². The molecule has 0 spiro atoms. The van der Waals surface area contributed by atoms with Gasteiger partial charge in [0.1, 0.15) is 6.07 Å².